The van der Waals surface area contributed by atoms with Crippen LogP contribution in [0.1, 0.15) is 65.3 Å². The molecule has 0 saturated heterocycles. The maximum Gasteiger partial charge on any atom is 0.347 e. The normalized spacial score (nSPS) is 12.1. The Kier molecular flexibility index (Phi) is 15.7. The van der Waals surface area contributed by atoms with Crippen LogP contribution in [0.2, 0.25) is 0 Å². The van der Waals surface area contributed by atoms with Crippen molar-refractivity contribution in [1.82, 2.24) is 0 Å². The Morgan fingerprint density at radius 1 is 0.705 bits per heavy atom. The van der Waals surface area contributed by atoms with E-state index in [1.54, 1.807) is 70.6 Å². The highest BCUT2D eigenvalue weighted by Crippen LogP contribution is 2.35. The summed E-state index contributed by atoms with van der Waals surface area (Å²) in [5.74, 6) is -2.01. The smallest absolute Gasteiger partial charge is 0.347 e. The number of rotatable bonds is 18. The first-order chi connectivity index (χ1) is 29.4. The Bertz CT molecular complexity index is 2590. The van der Waals surface area contributed by atoms with E-state index in [2.05, 4.69) is 15.1 Å². The molecule has 1 aliphatic heterocycles. The van der Waals surface area contributed by atoms with Crippen LogP contribution in [0.4, 0.5) is 11.4 Å². The summed E-state index contributed by atoms with van der Waals surface area (Å²) in [5.41, 5.74) is 1.84. The van der Waals surface area contributed by atoms with Gasteiger partial charge in [-0.1, -0.05) is 70.6 Å². The van der Waals surface area contributed by atoms with Gasteiger partial charge in [0.05, 0.1) is 18.0 Å². The summed E-state index contributed by atoms with van der Waals surface area (Å²) >= 11 is 12.1. The SMILES string of the molecule is CCCCC(=O)Oc1ccc(N=Nc2ccc(OC(=O)CCCO[N+](=O)[O-])c(C(=O)Oc3ccc(C4=CC(=S)CS4)cc3)c2)cc1C(=O)Oc1ccc(-c2cc(=S)ss2)cc1. The number of benzene rings is 4. The van der Waals surface area contributed by atoms with Crippen molar-refractivity contribution in [2.24, 2.45) is 10.2 Å². The zero-order chi connectivity index (χ0) is 43.3. The van der Waals surface area contributed by atoms with Gasteiger partial charge >= 0.3 is 23.9 Å². The van der Waals surface area contributed by atoms with Gasteiger partial charge in [-0.2, -0.15) is 10.2 Å². The van der Waals surface area contributed by atoms with Crippen LogP contribution in [0.25, 0.3) is 15.3 Å². The summed E-state index contributed by atoms with van der Waals surface area (Å²) in [7, 11) is 3.03. The highest BCUT2D eigenvalue weighted by atomic mass is 32.9. The molecule has 0 amide bonds. The topological polar surface area (TPSA) is 182 Å². The summed E-state index contributed by atoms with van der Waals surface area (Å²) in [5, 5.41) is 18.0. The molecule has 0 radical (unpaired) electrons. The lowest BCUT2D eigenvalue weighted by atomic mass is 10.1. The number of hydrogen-bond acceptors (Lipinski definition) is 18. The number of nitrogens with zero attached hydrogens (tertiary/aromatic N) is 3. The van der Waals surface area contributed by atoms with Crippen LogP contribution < -0.4 is 18.9 Å². The number of carbonyl (C=O) groups excluding carboxylic acids is 4. The molecule has 1 aromatic heterocycles. The van der Waals surface area contributed by atoms with E-state index in [1.165, 1.54) is 46.7 Å². The molecule has 0 spiro atoms. The van der Waals surface area contributed by atoms with Gasteiger partial charge in [-0.15, -0.1) is 21.9 Å². The standard InChI is InChI=1S/C42H33N3O11S5/c1-2-3-5-38(46)55-34-17-11-27(20-32(34)41(48)54-30-15-9-26(10-16-30)37-23-40(58)61-60-37)43-44-28-12-18-35(56-39(47)6-4-19-52-45(50)51)33(21-28)42(49)53-29-13-7-25(8-14-29)36-22-31(57)24-59-36/h7-18,20-23H,2-6,19,24H2,1H3. The first-order valence-electron chi connectivity index (χ1n) is 18.5. The second kappa shape index (κ2) is 21.5. The summed E-state index contributed by atoms with van der Waals surface area (Å²) in [6, 6.07) is 23.9. The Morgan fingerprint density at radius 2 is 1.25 bits per heavy atom. The molecule has 0 N–H and O–H groups in total. The maximum atomic E-state index is 13.6. The third-order valence-electron chi connectivity index (χ3n) is 8.37. The first kappa shape index (κ1) is 44.6. The van der Waals surface area contributed by atoms with Crippen LogP contribution in [-0.4, -0.2) is 46.2 Å². The predicted molar refractivity (Wildman–Crippen MR) is 238 cm³/mol. The molecule has 61 heavy (non-hydrogen) atoms. The first-order valence-corrected chi connectivity index (χ1v) is 22.4. The fraction of sp³-hybridized carbons (Fsp3) is 0.190. The van der Waals surface area contributed by atoms with Crippen LogP contribution in [0, 0.1) is 13.9 Å². The van der Waals surface area contributed by atoms with Crippen molar-refractivity contribution in [1.29, 1.82) is 0 Å². The van der Waals surface area contributed by atoms with Gasteiger partial charge in [0.2, 0.25) is 0 Å². The Labute approximate surface area is 370 Å². The molecule has 14 nitrogen and oxygen atoms in total. The molecule has 0 unspecified atom stereocenters. The van der Waals surface area contributed by atoms with Gasteiger partial charge in [0.15, 0.2) is 0 Å². The van der Waals surface area contributed by atoms with Gasteiger partial charge in [-0.25, -0.2) is 9.59 Å². The van der Waals surface area contributed by atoms with E-state index < -0.39 is 29.0 Å². The van der Waals surface area contributed by atoms with Crippen molar-refractivity contribution in [3.63, 3.8) is 0 Å². The summed E-state index contributed by atoms with van der Waals surface area (Å²) < 4.78 is 23.1. The number of thiocarbonyl (C=S) groups is 1. The van der Waals surface area contributed by atoms with Crippen molar-refractivity contribution in [3.05, 3.63) is 128 Å². The van der Waals surface area contributed by atoms with Crippen molar-refractivity contribution >= 4 is 102 Å². The Balaban J connectivity index is 1.24. The quantitative estimate of drug-likeness (QED) is 0.0118. The largest absolute Gasteiger partial charge is 0.426 e. The molecule has 0 aliphatic carbocycles. The van der Waals surface area contributed by atoms with Gasteiger partial charge in [-0.3, -0.25) is 9.59 Å². The third-order valence-corrected chi connectivity index (χ3v) is 12.8. The van der Waals surface area contributed by atoms with Gasteiger partial charge in [0, 0.05) is 33.2 Å². The molecule has 4 aromatic carbocycles. The minimum Gasteiger partial charge on any atom is -0.426 e. The van der Waals surface area contributed by atoms with Gasteiger partial charge < -0.3 is 23.8 Å². The maximum absolute atomic E-state index is 13.6. The number of unbranched alkanes of at least 4 members (excludes halogenated alkanes) is 1. The van der Waals surface area contributed by atoms with Gasteiger partial charge in [0.1, 0.15) is 37.9 Å². The summed E-state index contributed by atoms with van der Waals surface area (Å²) in [6.07, 6.45) is 3.18. The molecule has 0 atom stereocenters. The number of thioether (sulfide) groups is 1. The average molecular weight is 916 g/mol. The lowest BCUT2D eigenvalue weighted by Crippen LogP contribution is -2.15. The van der Waals surface area contributed by atoms with E-state index in [1.807, 2.05) is 19.1 Å². The number of esters is 4. The molecule has 312 valence electrons. The molecule has 0 bridgehead atoms. The number of azo groups is 1. The fourth-order valence-electron chi connectivity index (χ4n) is 5.41. The highest BCUT2D eigenvalue weighted by Gasteiger charge is 2.22. The Morgan fingerprint density at radius 3 is 1.72 bits per heavy atom. The van der Waals surface area contributed by atoms with Crippen molar-refractivity contribution in [2.75, 3.05) is 12.4 Å². The lowest BCUT2D eigenvalue weighted by Gasteiger charge is -2.12. The molecule has 1 aliphatic rings. The van der Waals surface area contributed by atoms with Crippen LogP contribution in [-0.2, 0) is 14.4 Å². The molecule has 2 heterocycles. The molecule has 5 aromatic rings. The van der Waals surface area contributed by atoms with Crippen LogP contribution >= 0.6 is 56.9 Å². The zero-order valence-electron chi connectivity index (χ0n) is 32.1. The molecule has 0 saturated carbocycles. The molecule has 19 heteroatoms. The monoisotopic (exact) mass is 915 g/mol. The molecule has 0 fully saturated rings. The molecular weight excluding hydrogens is 883 g/mol. The van der Waals surface area contributed by atoms with Gasteiger partial charge in [0.25, 0.3) is 5.09 Å². The van der Waals surface area contributed by atoms with Crippen molar-refractivity contribution in [3.8, 4) is 33.4 Å². The Hall–Kier alpha value is -5.99. The average Bonchev–Trinajstić information content (AvgIpc) is 3.89. The van der Waals surface area contributed by atoms with E-state index >= 15 is 0 Å². The van der Waals surface area contributed by atoms with Crippen LogP contribution in [0.15, 0.2) is 107 Å². The fourth-order valence-corrected chi connectivity index (χ4v) is 9.09. The lowest BCUT2D eigenvalue weighted by molar-refractivity contribution is -0.757. The minimum atomic E-state index is -0.966. The third kappa shape index (κ3) is 13.0. The van der Waals surface area contributed by atoms with E-state index in [4.69, 9.17) is 43.4 Å². The van der Waals surface area contributed by atoms with E-state index in [0.29, 0.717) is 6.42 Å². The number of carbonyl (C=O) groups is 4. The predicted octanol–water partition coefficient (Wildman–Crippen LogP) is 11.5. The van der Waals surface area contributed by atoms with Crippen molar-refractivity contribution < 1.29 is 48.0 Å². The van der Waals surface area contributed by atoms with Crippen LogP contribution in [0.5, 0.6) is 23.0 Å². The van der Waals surface area contributed by atoms with Crippen LogP contribution in [0.3, 0.4) is 0 Å². The molecular formula is C42H33N3O11S5. The van der Waals surface area contributed by atoms with E-state index in [0.717, 1.165) is 41.8 Å². The second-order valence-corrected chi connectivity index (χ2v) is 17.3. The number of hydrogen-bond donors (Lipinski definition) is 0. The number of allylic oxidation sites excluding steroid dienone is 1. The molecule has 6 rings (SSSR count). The van der Waals surface area contributed by atoms with Gasteiger partial charge in [-0.05, 0) is 109 Å². The second-order valence-electron chi connectivity index (χ2n) is 12.9. The zero-order valence-corrected chi connectivity index (χ0v) is 36.1. The van der Waals surface area contributed by atoms with E-state index in [9.17, 15) is 29.3 Å². The summed E-state index contributed by atoms with van der Waals surface area (Å²) in [6.45, 7) is 1.61. The van der Waals surface area contributed by atoms with Crippen molar-refractivity contribution in [2.45, 2.75) is 39.0 Å². The number of ether oxygens (including phenoxy) is 4. The minimum absolute atomic E-state index is 0.0112. The van der Waals surface area contributed by atoms with E-state index in [-0.39, 0.29) is 71.4 Å². The summed E-state index contributed by atoms with van der Waals surface area (Å²) in [4.78, 5) is 70.0. The highest BCUT2D eigenvalue weighted by molar-refractivity contribution is 8.10.